The number of carbonyl (C=O) groups is 1. The van der Waals surface area contributed by atoms with Gasteiger partial charge in [0.25, 0.3) is 0 Å². The van der Waals surface area contributed by atoms with Crippen molar-refractivity contribution in [3.8, 4) is 0 Å². The topological polar surface area (TPSA) is 40.5 Å². The van der Waals surface area contributed by atoms with Gasteiger partial charge < -0.3 is 5.11 Å². The van der Waals surface area contributed by atoms with Crippen molar-refractivity contribution >= 4 is 5.78 Å². The number of hydrogen-bond acceptors (Lipinski definition) is 3. The number of hydrogen-bond donors (Lipinski definition) is 1. The minimum Gasteiger partial charge on any atom is -0.396 e. The van der Waals surface area contributed by atoms with Crippen LogP contribution >= 0.6 is 0 Å². The number of aliphatic hydroxyl groups excluding tert-OH is 1. The Hall–Kier alpha value is -0.410. The predicted octanol–water partition coefficient (Wildman–Crippen LogP) is 1.20. The van der Waals surface area contributed by atoms with E-state index >= 15 is 0 Å². The first-order valence-electron chi connectivity index (χ1n) is 6.16. The maximum atomic E-state index is 11.4. The van der Waals surface area contributed by atoms with Crippen LogP contribution < -0.4 is 0 Å². The molecule has 1 aliphatic heterocycles. The van der Waals surface area contributed by atoms with E-state index in [9.17, 15) is 4.79 Å². The number of carbonyl (C=O) groups excluding carboxylic acids is 1. The van der Waals surface area contributed by atoms with Gasteiger partial charge in [-0.25, -0.2) is 0 Å². The molecule has 0 aromatic rings. The number of likely N-dealkylation sites (tertiary alicyclic amines) is 1. The molecule has 0 aromatic heterocycles. The summed E-state index contributed by atoms with van der Waals surface area (Å²) >= 11 is 0. The molecule has 2 aliphatic rings. The van der Waals surface area contributed by atoms with Crippen LogP contribution in [0.2, 0.25) is 0 Å². The molecule has 0 bridgehead atoms. The van der Waals surface area contributed by atoms with Crippen molar-refractivity contribution in [3.63, 3.8) is 0 Å². The van der Waals surface area contributed by atoms with E-state index in [0.29, 0.717) is 24.3 Å². The van der Waals surface area contributed by atoms with Crippen LogP contribution in [0.1, 0.15) is 38.5 Å². The van der Waals surface area contributed by atoms with E-state index in [2.05, 4.69) is 4.90 Å². The summed E-state index contributed by atoms with van der Waals surface area (Å²) in [7, 11) is 0. The van der Waals surface area contributed by atoms with Crippen molar-refractivity contribution in [2.75, 3.05) is 19.7 Å². The van der Waals surface area contributed by atoms with Gasteiger partial charge in [-0.2, -0.15) is 0 Å². The molecule has 1 aliphatic carbocycles. The second kappa shape index (κ2) is 5.08. The zero-order chi connectivity index (χ0) is 10.7. The van der Waals surface area contributed by atoms with E-state index in [-0.39, 0.29) is 0 Å². The number of aliphatic hydroxyl groups is 1. The first-order valence-corrected chi connectivity index (χ1v) is 6.16. The Morgan fingerprint density at radius 3 is 3.00 bits per heavy atom. The van der Waals surface area contributed by atoms with Gasteiger partial charge in [-0.05, 0) is 38.1 Å². The van der Waals surface area contributed by atoms with Crippen molar-refractivity contribution in [3.05, 3.63) is 0 Å². The van der Waals surface area contributed by atoms with E-state index < -0.39 is 0 Å². The van der Waals surface area contributed by atoms with Crippen molar-refractivity contribution in [2.24, 2.45) is 5.92 Å². The zero-order valence-corrected chi connectivity index (χ0v) is 9.32. The van der Waals surface area contributed by atoms with Gasteiger partial charge in [-0.15, -0.1) is 0 Å². The Morgan fingerprint density at radius 2 is 2.27 bits per heavy atom. The van der Waals surface area contributed by atoms with Crippen LogP contribution in [0.4, 0.5) is 0 Å². The van der Waals surface area contributed by atoms with Gasteiger partial charge in [-0.3, -0.25) is 9.69 Å². The molecule has 3 nitrogen and oxygen atoms in total. The summed E-state index contributed by atoms with van der Waals surface area (Å²) < 4.78 is 0. The van der Waals surface area contributed by atoms with Crippen LogP contribution in [0.25, 0.3) is 0 Å². The summed E-state index contributed by atoms with van der Waals surface area (Å²) in [6.45, 7) is 2.53. The Labute approximate surface area is 91.5 Å². The molecule has 0 radical (unpaired) electrons. The summed E-state index contributed by atoms with van der Waals surface area (Å²) in [6.07, 6.45) is 5.96. The summed E-state index contributed by atoms with van der Waals surface area (Å²) in [5.74, 6) is 1.10. The molecule has 86 valence electrons. The molecular formula is C12H21NO2. The van der Waals surface area contributed by atoms with E-state index in [4.69, 9.17) is 5.11 Å². The molecule has 2 unspecified atom stereocenters. The molecule has 1 N–H and O–H groups in total. The molecule has 2 fully saturated rings. The van der Waals surface area contributed by atoms with Gasteiger partial charge >= 0.3 is 0 Å². The number of Topliss-reactive ketones (excluding diaryl/α,β-unsaturated/α-hetero) is 1. The van der Waals surface area contributed by atoms with Crippen LogP contribution in [0.15, 0.2) is 0 Å². The lowest BCUT2D eigenvalue weighted by molar-refractivity contribution is -0.121. The fraction of sp³-hybridized carbons (Fsp3) is 0.917. The lowest BCUT2D eigenvalue weighted by atomic mass is 9.93. The number of rotatable bonds is 3. The van der Waals surface area contributed by atoms with E-state index in [1.807, 2.05) is 0 Å². The highest BCUT2D eigenvalue weighted by atomic mass is 16.3. The summed E-state index contributed by atoms with van der Waals surface area (Å²) in [5.41, 5.74) is 0. The summed E-state index contributed by atoms with van der Waals surface area (Å²) in [6, 6.07) is 0.509. The summed E-state index contributed by atoms with van der Waals surface area (Å²) in [5, 5.41) is 8.89. The third-order valence-electron chi connectivity index (χ3n) is 3.83. The molecule has 1 saturated heterocycles. The van der Waals surface area contributed by atoms with Gasteiger partial charge in [0, 0.05) is 32.0 Å². The van der Waals surface area contributed by atoms with Crippen LogP contribution in [-0.4, -0.2) is 41.5 Å². The second-order valence-electron chi connectivity index (χ2n) is 4.95. The fourth-order valence-electron chi connectivity index (χ4n) is 2.93. The highest BCUT2D eigenvalue weighted by molar-refractivity contribution is 5.79. The first-order chi connectivity index (χ1) is 7.29. The maximum Gasteiger partial charge on any atom is 0.134 e. The van der Waals surface area contributed by atoms with E-state index in [1.165, 1.54) is 12.8 Å². The van der Waals surface area contributed by atoms with Gasteiger partial charge in [0.15, 0.2) is 0 Å². The molecule has 0 aromatic carbocycles. The molecule has 1 saturated carbocycles. The molecule has 0 amide bonds. The number of ketones is 1. The molecule has 1 heterocycles. The SMILES string of the molecule is O=C1CCCC(N2CCC(CCO)C2)C1. The highest BCUT2D eigenvalue weighted by Crippen LogP contribution is 2.27. The predicted molar refractivity (Wildman–Crippen MR) is 58.6 cm³/mol. The molecule has 2 atom stereocenters. The third-order valence-corrected chi connectivity index (χ3v) is 3.83. The van der Waals surface area contributed by atoms with Crippen LogP contribution in [0, 0.1) is 5.92 Å². The van der Waals surface area contributed by atoms with Crippen molar-refractivity contribution in [1.29, 1.82) is 0 Å². The average Bonchev–Trinajstić information content (AvgIpc) is 2.67. The fourth-order valence-corrected chi connectivity index (χ4v) is 2.93. The maximum absolute atomic E-state index is 11.4. The smallest absolute Gasteiger partial charge is 0.134 e. The highest BCUT2D eigenvalue weighted by Gasteiger charge is 2.30. The Balaban J connectivity index is 1.81. The second-order valence-corrected chi connectivity index (χ2v) is 4.95. The van der Waals surface area contributed by atoms with Gasteiger partial charge in [-0.1, -0.05) is 0 Å². The van der Waals surface area contributed by atoms with Crippen molar-refractivity contribution < 1.29 is 9.90 Å². The Bertz CT molecular complexity index is 230. The summed E-state index contributed by atoms with van der Waals surface area (Å²) in [4.78, 5) is 13.8. The molecule has 2 rings (SSSR count). The lowest BCUT2D eigenvalue weighted by Gasteiger charge is -2.30. The minimum atomic E-state index is 0.308. The van der Waals surface area contributed by atoms with Crippen molar-refractivity contribution in [2.45, 2.75) is 44.6 Å². The monoisotopic (exact) mass is 211 g/mol. The van der Waals surface area contributed by atoms with Gasteiger partial charge in [0.2, 0.25) is 0 Å². The molecule has 15 heavy (non-hydrogen) atoms. The average molecular weight is 211 g/mol. The van der Waals surface area contributed by atoms with Crippen LogP contribution in [-0.2, 0) is 4.79 Å². The Kier molecular flexibility index (Phi) is 3.76. The molecule has 3 heteroatoms. The van der Waals surface area contributed by atoms with Crippen molar-refractivity contribution in [1.82, 2.24) is 4.90 Å². The normalized spacial score (nSPS) is 33.5. The number of nitrogens with zero attached hydrogens (tertiary/aromatic N) is 1. The van der Waals surface area contributed by atoms with Gasteiger partial charge in [0.1, 0.15) is 5.78 Å². The standard InChI is InChI=1S/C12H21NO2/c14-7-5-10-4-6-13(9-10)11-2-1-3-12(15)8-11/h10-11,14H,1-9H2. The molecular weight excluding hydrogens is 190 g/mol. The first kappa shape index (κ1) is 11.1. The lowest BCUT2D eigenvalue weighted by Crippen LogP contribution is -2.37. The van der Waals surface area contributed by atoms with Gasteiger partial charge in [0.05, 0.1) is 0 Å². The zero-order valence-electron chi connectivity index (χ0n) is 9.32. The molecule has 0 spiro atoms. The van der Waals surface area contributed by atoms with E-state index in [0.717, 1.165) is 38.8 Å². The van der Waals surface area contributed by atoms with Crippen LogP contribution in [0.5, 0.6) is 0 Å². The third kappa shape index (κ3) is 2.79. The Morgan fingerprint density at radius 1 is 1.40 bits per heavy atom. The van der Waals surface area contributed by atoms with Crippen LogP contribution in [0.3, 0.4) is 0 Å². The largest absolute Gasteiger partial charge is 0.396 e. The quantitative estimate of drug-likeness (QED) is 0.762. The minimum absolute atomic E-state index is 0.308. The van der Waals surface area contributed by atoms with E-state index in [1.54, 1.807) is 0 Å².